The summed E-state index contributed by atoms with van der Waals surface area (Å²) in [7, 11) is 1.26. The van der Waals surface area contributed by atoms with Crippen LogP contribution in [0, 0.1) is 0 Å². The average molecular weight is 216 g/mol. The molecule has 0 radical (unpaired) electrons. The minimum absolute atomic E-state index is 0.00514. The molecule has 0 bridgehead atoms. The van der Waals surface area contributed by atoms with Crippen molar-refractivity contribution in [2.75, 3.05) is 13.7 Å². The van der Waals surface area contributed by atoms with Crippen molar-refractivity contribution in [3.05, 3.63) is 12.2 Å². The van der Waals surface area contributed by atoms with E-state index in [0.717, 1.165) is 0 Å². The summed E-state index contributed by atoms with van der Waals surface area (Å²) in [5, 5.41) is 18.8. The smallest absolute Gasteiger partial charge is 0.342 e. The molecule has 2 N–H and O–H groups in total. The number of esters is 1. The molecule has 0 fully saturated rings. The minimum atomic E-state index is -1.26. The lowest BCUT2D eigenvalue weighted by Gasteiger charge is -2.34. The highest BCUT2D eigenvalue weighted by atomic mass is 16.6. The van der Waals surface area contributed by atoms with Crippen LogP contribution in [0.1, 0.15) is 13.3 Å². The minimum Gasteiger partial charge on any atom is -0.467 e. The molecule has 1 aliphatic carbocycles. The number of carbonyl (C=O) groups excluding carboxylic acids is 1. The van der Waals surface area contributed by atoms with Gasteiger partial charge < -0.3 is 19.7 Å². The largest absolute Gasteiger partial charge is 0.467 e. The highest BCUT2D eigenvalue weighted by Gasteiger charge is 2.44. The average Bonchev–Trinajstić information content (AvgIpc) is 2.23. The van der Waals surface area contributed by atoms with Gasteiger partial charge in [-0.15, -0.1) is 0 Å². The van der Waals surface area contributed by atoms with Crippen LogP contribution in [0.25, 0.3) is 0 Å². The van der Waals surface area contributed by atoms with Crippen molar-refractivity contribution in [1.82, 2.24) is 0 Å². The molecule has 0 heterocycles. The van der Waals surface area contributed by atoms with Crippen LogP contribution < -0.4 is 0 Å². The second-order valence-corrected chi connectivity index (χ2v) is 3.44. The first kappa shape index (κ1) is 12.2. The molecule has 1 unspecified atom stereocenters. The second-order valence-electron chi connectivity index (χ2n) is 3.44. The van der Waals surface area contributed by atoms with E-state index in [9.17, 15) is 15.0 Å². The summed E-state index contributed by atoms with van der Waals surface area (Å²) in [5.74, 6) is -0.563. The summed E-state index contributed by atoms with van der Waals surface area (Å²) in [6.07, 6.45) is 0.829. The van der Waals surface area contributed by atoms with Gasteiger partial charge in [-0.25, -0.2) is 4.79 Å². The van der Waals surface area contributed by atoms with Crippen LogP contribution in [0.3, 0.4) is 0 Å². The summed E-state index contributed by atoms with van der Waals surface area (Å²) in [4.78, 5) is 11.5. The monoisotopic (exact) mass is 216 g/mol. The number of hydrogen-bond donors (Lipinski definition) is 2. The Bertz CT molecular complexity index is 263. The molecule has 0 saturated heterocycles. The zero-order chi connectivity index (χ0) is 11.5. The van der Waals surface area contributed by atoms with Gasteiger partial charge in [-0.3, -0.25) is 0 Å². The van der Waals surface area contributed by atoms with E-state index in [1.54, 1.807) is 6.92 Å². The SMILES string of the molecule is CCO[C@@]1(C(=O)OC)C=C[C@@H](O)C(O)C1. The van der Waals surface area contributed by atoms with Gasteiger partial charge in [0.1, 0.15) is 0 Å². The molecule has 1 aliphatic rings. The lowest BCUT2D eigenvalue weighted by Crippen LogP contribution is -2.48. The normalized spacial score (nSPS) is 35.2. The van der Waals surface area contributed by atoms with Gasteiger partial charge in [0.15, 0.2) is 5.60 Å². The maximum absolute atomic E-state index is 11.5. The van der Waals surface area contributed by atoms with E-state index in [1.807, 2.05) is 0 Å². The van der Waals surface area contributed by atoms with Crippen LogP contribution in [0.4, 0.5) is 0 Å². The number of hydrogen-bond acceptors (Lipinski definition) is 5. The number of rotatable bonds is 3. The third-order valence-electron chi connectivity index (χ3n) is 2.40. The van der Waals surface area contributed by atoms with E-state index in [-0.39, 0.29) is 6.42 Å². The molecular formula is C10H16O5. The third-order valence-corrected chi connectivity index (χ3v) is 2.40. The summed E-state index contributed by atoms with van der Waals surface area (Å²) >= 11 is 0. The highest BCUT2D eigenvalue weighted by molar-refractivity contribution is 5.82. The zero-order valence-electron chi connectivity index (χ0n) is 8.84. The third kappa shape index (κ3) is 2.37. The van der Waals surface area contributed by atoms with Crippen molar-refractivity contribution in [2.45, 2.75) is 31.2 Å². The number of aliphatic hydroxyl groups excluding tert-OH is 2. The summed E-state index contributed by atoms with van der Waals surface area (Å²) in [6, 6.07) is 0. The summed E-state index contributed by atoms with van der Waals surface area (Å²) < 4.78 is 9.93. The van der Waals surface area contributed by atoms with E-state index in [4.69, 9.17) is 4.74 Å². The molecular weight excluding hydrogens is 200 g/mol. The van der Waals surface area contributed by atoms with Gasteiger partial charge >= 0.3 is 5.97 Å². The Hall–Kier alpha value is -0.910. The number of carbonyl (C=O) groups is 1. The molecule has 0 aromatic heterocycles. The standard InChI is InChI=1S/C10H16O5/c1-3-15-10(9(13)14-2)5-4-7(11)8(12)6-10/h4-5,7-8,11-12H,3,6H2,1-2H3/t7-,8?,10+/m1/s1. The van der Waals surface area contributed by atoms with Crippen molar-refractivity contribution < 1.29 is 24.5 Å². The quantitative estimate of drug-likeness (QED) is 0.496. The van der Waals surface area contributed by atoms with Crippen molar-refractivity contribution >= 4 is 5.97 Å². The van der Waals surface area contributed by atoms with Crippen LogP contribution in [0.5, 0.6) is 0 Å². The molecule has 15 heavy (non-hydrogen) atoms. The Labute approximate surface area is 88.3 Å². The van der Waals surface area contributed by atoms with E-state index < -0.39 is 23.8 Å². The van der Waals surface area contributed by atoms with Crippen LogP contribution in [0.2, 0.25) is 0 Å². The van der Waals surface area contributed by atoms with Crippen LogP contribution in [0.15, 0.2) is 12.2 Å². The first-order valence-corrected chi connectivity index (χ1v) is 4.83. The lowest BCUT2D eigenvalue weighted by atomic mass is 9.87. The first-order chi connectivity index (χ1) is 7.05. The number of aliphatic hydroxyl groups is 2. The number of ether oxygens (including phenoxy) is 2. The molecule has 3 atom stereocenters. The molecule has 1 rings (SSSR count). The van der Waals surface area contributed by atoms with E-state index in [2.05, 4.69) is 4.74 Å². The van der Waals surface area contributed by atoms with Gasteiger partial charge in [0.2, 0.25) is 0 Å². The molecule has 86 valence electrons. The Balaban J connectivity index is 2.92. The van der Waals surface area contributed by atoms with Gasteiger partial charge in [0, 0.05) is 13.0 Å². The Morgan fingerprint density at radius 3 is 2.73 bits per heavy atom. The molecule has 5 heteroatoms. The molecule has 0 aromatic rings. The fraction of sp³-hybridized carbons (Fsp3) is 0.700. The predicted octanol–water partition coefficient (Wildman–Crippen LogP) is -0.384. The molecule has 0 saturated carbocycles. The Morgan fingerprint density at radius 2 is 2.27 bits per heavy atom. The van der Waals surface area contributed by atoms with Gasteiger partial charge in [-0.05, 0) is 13.0 Å². The first-order valence-electron chi connectivity index (χ1n) is 4.83. The second kappa shape index (κ2) is 4.74. The Morgan fingerprint density at radius 1 is 1.60 bits per heavy atom. The molecule has 0 aliphatic heterocycles. The maximum atomic E-state index is 11.5. The van der Waals surface area contributed by atoms with Crippen LogP contribution in [-0.2, 0) is 14.3 Å². The van der Waals surface area contributed by atoms with E-state index in [0.29, 0.717) is 6.61 Å². The van der Waals surface area contributed by atoms with Gasteiger partial charge in [-0.1, -0.05) is 6.08 Å². The molecule has 0 spiro atoms. The van der Waals surface area contributed by atoms with Gasteiger partial charge in [0.25, 0.3) is 0 Å². The zero-order valence-corrected chi connectivity index (χ0v) is 8.84. The van der Waals surface area contributed by atoms with Gasteiger partial charge in [-0.2, -0.15) is 0 Å². The predicted molar refractivity (Wildman–Crippen MR) is 52.1 cm³/mol. The number of methoxy groups -OCH3 is 1. The molecule has 0 aromatic carbocycles. The van der Waals surface area contributed by atoms with Crippen molar-refractivity contribution in [3.8, 4) is 0 Å². The molecule has 0 amide bonds. The van der Waals surface area contributed by atoms with E-state index >= 15 is 0 Å². The van der Waals surface area contributed by atoms with Crippen LogP contribution in [-0.4, -0.2) is 47.7 Å². The van der Waals surface area contributed by atoms with Crippen molar-refractivity contribution in [1.29, 1.82) is 0 Å². The van der Waals surface area contributed by atoms with Crippen molar-refractivity contribution in [2.24, 2.45) is 0 Å². The van der Waals surface area contributed by atoms with Crippen molar-refractivity contribution in [3.63, 3.8) is 0 Å². The highest BCUT2D eigenvalue weighted by Crippen LogP contribution is 2.28. The molecule has 5 nitrogen and oxygen atoms in total. The summed E-state index contributed by atoms with van der Waals surface area (Å²) in [5.41, 5.74) is -1.26. The summed E-state index contributed by atoms with van der Waals surface area (Å²) in [6.45, 7) is 2.07. The van der Waals surface area contributed by atoms with Crippen LogP contribution >= 0.6 is 0 Å². The lowest BCUT2D eigenvalue weighted by molar-refractivity contribution is -0.168. The topological polar surface area (TPSA) is 76.0 Å². The fourth-order valence-corrected chi connectivity index (χ4v) is 1.63. The van der Waals surface area contributed by atoms with E-state index in [1.165, 1.54) is 19.3 Å². The maximum Gasteiger partial charge on any atom is 0.342 e. The Kier molecular flexibility index (Phi) is 3.84. The van der Waals surface area contributed by atoms with Gasteiger partial charge in [0.05, 0.1) is 19.3 Å². The fourth-order valence-electron chi connectivity index (χ4n) is 1.63.